The number of hydrogen-bond donors (Lipinski definition) is 0. The van der Waals surface area contributed by atoms with Crippen molar-refractivity contribution in [2.24, 2.45) is 0 Å². The molecule has 68 valence electrons. The lowest BCUT2D eigenvalue weighted by atomic mass is 10.1. The van der Waals surface area contributed by atoms with Crippen LogP contribution >= 0.6 is 0 Å². The minimum absolute atomic E-state index is 1.03. The first kappa shape index (κ1) is 7.50. The van der Waals surface area contributed by atoms with Crippen LogP contribution in [0.5, 0.6) is 0 Å². The maximum absolute atomic E-state index is 4.07. The summed E-state index contributed by atoms with van der Waals surface area (Å²) in [5.74, 6) is 0. The summed E-state index contributed by atoms with van der Waals surface area (Å²) < 4.78 is 1.88. The molecule has 3 rings (SSSR count). The highest BCUT2D eigenvalue weighted by atomic mass is 15.4. The normalized spacial score (nSPS) is 11.2. The number of aryl methyl sites for hydroxylation is 1. The number of fused-ring (bicyclic) bond motifs is 3. The smallest absolute Gasteiger partial charge is 0.0872 e. The largest absolute Gasteiger partial charge is 0.213 e. The fourth-order valence-corrected chi connectivity index (χ4v) is 1.81. The van der Waals surface area contributed by atoms with Gasteiger partial charge in [0.05, 0.1) is 17.2 Å². The molecule has 2 aromatic heterocycles. The van der Waals surface area contributed by atoms with Crippen LogP contribution in [0.15, 0.2) is 36.5 Å². The number of benzene rings is 1. The van der Waals surface area contributed by atoms with Crippen LogP contribution in [0.1, 0.15) is 5.56 Å². The monoisotopic (exact) mass is 183 g/mol. The minimum atomic E-state index is 1.03. The van der Waals surface area contributed by atoms with Crippen molar-refractivity contribution >= 4 is 16.4 Å². The third-order valence-corrected chi connectivity index (χ3v) is 2.49. The van der Waals surface area contributed by atoms with Gasteiger partial charge in [-0.05, 0) is 18.6 Å². The first-order chi connectivity index (χ1) is 6.86. The van der Waals surface area contributed by atoms with Gasteiger partial charge in [0.25, 0.3) is 0 Å². The van der Waals surface area contributed by atoms with Gasteiger partial charge in [0.2, 0.25) is 0 Å². The van der Waals surface area contributed by atoms with E-state index in [1.165, 1.54) is 10.9 Å². The molecule has 0 bridgehead atoms. The Morgan fingerprint density at radius 3 is 3.00 bits per heavy atom. The molecular formula is C11H9N3. The number of aromatic nitrogens is 3. The van der Waals surface area contributed by atoms with Gasteiger partial charge < -0.3 is 0 Å². The zero-order chi connectivity index (χ0) is 9.54. The van der Waals surface area contributed by atoms with Crippen LogP contribution in [-0.2, 0) is 0 Å². The third kappa shape index (κ3) is 0.865. The lowest BCUT2D eigenvalue weighted by Gasteiger charge is -2.03. The zero-order valence-electron chi connectivity index (χ0n) is 7.81. The predicted molar refractivity (Wildman–Crippen MR) is 55.2 cm³/mol. The van der Waals surface area contributed by atoms with E-state index in [-0.39, 0.29) is 0 Å². The van der Waals surface area contributed by atoms with E-state index < -0.39 is 0 Å². The van der Waals surface area contributed by atoms with E-state index in [0.717, 1.165) is 11.0 Å². The van der Waals surface area contributed by atoms with E-state index in [0.29, 0.717) is 0 Å². The van der Waals surface area contributed by atoms with Crippen LogP contribution < -0.4 is 0 Å². The Bertz CT molecular complexity index is 610. The number of rotatable bonds is 0. The van der Waals surface area contributed by atoms with Gasteiger partial charge >= 0.3 is 0 Å². The molecule has 3 heteroatoms. The van der Waals surface area contributed by atoms with E-state index in [2.05, 4.69) is 41.5 Å². The molecule has 0 radical (unpaired) electrons. The van der Waals surface area contributed by atoms with Crippen molar-refractivity contribution in [1.82, 2.24) is 14.8 Å². The highest BCUT2D eigenvalue weighted by Crippen LogP contribution is 2.18. The van der Waals surface area contributed by atoms with Crippen molar-refractivity contribution in [3.05, 3.63) is 42.1 Å². The van der Waals surface area contributed by atoms with Crippen LogP contribution in [0, 0.1) is 6.92 Å². The van der Waals surface area contributed by atoms with Crippen LogP contribution in [0.2, 0.25) is 0 Å². The average molecular weight is 183 g/mol. The van der Waals surface area contributed by atoms with Gasteiger partial charge in [-0.25, -0.2) is 4.52 Å². The fraction of sp³-hybridized carbons (Fsp3) is 0.0909. The second-order valence-corrected chi connectivity index (χ2v) is 3.42. The van der Waals surface area contributed by atoms with Gasteiger partial charge in [-0.1, -0.05) is 29.5 Å². The summed E-state index contributed by atoms with van der Waals surface area (Å²) in [5, 5.41) is 9.18. The Morgan fingerprint density at radius 2 is 2.07 bits per heavy atom. The molecule has 0 fully saturated rings. The van der Waals surface area contributed by atoms with E-state index >= 15 is 0 Å². The number of pyridine rings is 1. The van der Waals surface area contributed by atoms with E-state index in [1.807, 2.05) is 10.6 Å². The molecule has 0 aliphatic heterocycles. The first-order valence-electron chi connectivity index (χ1n) is 4.55. The Balaban J connectivity index is 2.67. The molecule has 0 saturated carbocycles. The molecule has 0 amide bonds. The zero-order valence-corrected chi connectivity index (χ0v) is 7.81. The van der Waals surface area contributed by atoms with Crippen molar-refractivity contribution in [3.63, 3.8) is 0 Å². The fourth-order valence-electron chi connectivity index (χ4n) is 1.81. The Labute approximate surface area is 81.0 Å². The van der Waals surface area contributed by atoms with E-state index in [1.54, 1.807) is 6.20 Å². The number of para-hydroxylation sites is 1. The first-order valence-corrected chi connectivity index (χ1v) is 4.55. The van der Waals surface area contributed by atoms with Gasteiger partial charge in [-0.2, -0.15) is 0 Å². The van der Waals surface area contributed by atoms with Gasteiger partial charge in [0.15, 0.2) is 0 Å². The summed E-state index contributed by atoms with van der Waals surface area (Å²) in [6.07, 6.45) is 1.77. The van der Waals surface area contributed by atoms with Crippen LogP contribution in [0.3, 0.4) is 0 Å². The topological polar surface area (TPSA) is 30.2 Å². The van der Waals surface area contributed by atoms with Crippen molar-refractivity contribution in [1.29, 1.82) is 0 Å². The Hall–Kier alpha value is -1.90. The molecule has 0 unspecified atom stereocenters. The molecule has 3 aromatic rings. The van der Waals surface area contributed by atoms with Crippen LogP contribution in [0.4, 0.5) is 0 Å². The molecule has 0 aliphatic carbocycles. The van der Waals surface area contributed by atoms with Crippen molar-refractivity contribution in [2.45, 2.75) is 6.92 Å². The van der Waals surface area contributed by atoms with Crippen molar-refractivity contribution in [3.8, 4) is 0 Å². The van der Waals surface area contributed by atoms with Gasteiger partial charge in [-0.3, -0.25) is 0 Å². The second kappa shape index (κ2) is 2.54. The summed E-state index contributed by atoms with van der Waals surface area (Å²) in [7, 11) is 0. The summed E-state index contributed by atoms with van der Waals surface area (Å²) in [5.41, 5.74) is 3.40. The maximum atomic E-state index is 4.07. The summed E-state index contributed by atoms with van der Waals surface area (Å²) in [6, 6.07) is 10.4. The van der Waals surface area contributed by atoms with Crippen LogP contribution in [-0.4, -0.2) is 14.8 Å². The Kier molecular flexibility index (Phi) is 1.36. The van der Waals surface area contributed by atoms with Gasteiger partial charge in [0.1, 0.15) is 0 Å². The predicted octanol–water partition coefficient (Wildman–Crippen LogP) is 2.19. The molecule has 1 aromatic carbocycles. The summed E-state index contributed by atoms with van der Waals surface area (Å²) in [6.45, 7) is 2.09. The number of hydrogen-bond acceptors (Lipinski definition) is 2. The van der Waals surface area contributed by atoms with E-state index in [4.69, 9.17) is 0 Å². The molecule has 3 nitrogen and oxygen atoms in total. The summed E-state index contributed by atoms with van der Waals surface area (Å²) in [4.78, 5) is 0. The maximum Gasteiger partial charge on any atom is 0.0872 e. The molecule has 0 N–H and O–H groups in total. The minimum Gasteiger partial charge on any atom is -0.213 e. The van der Waals surface area contributed by atoms with Crippen molar-refractivity contribution in [2.75, 3.05) is 0 Å². The standard InChI is InChI=1S/C11H9N3/c1-8-3-2-4-9-5-6-10-7-12-13-14(10)11(8)9/h2-7H,1H3. The number of nitrogens with zero attached hydrogens (tertiary/aromatic N) is 3. The highest BCUT2D eigenvalue weighted by Gasteiger charge is 2.02. The average Bonchev–Trinajstić information content (AvgIpc) is 2.65. The molecule has 0 saturated heterocycles. The lowest BCUT2D eigenvalue weighted by Crippen LogP contribution is -1.92. The molecule has 2 heterocycles. The third-order valence-electron chi connectivity index (χ3n) is 2.49. The van der Waals surface area contributed by atoms with Crippen molar-refractivity contribution < 1.29 is 0 Å². The molecule has 14 heavy (non-hydrogen) atoms. The van der Waals surface area contributed by atoms with Crippen LogP contribution in [0.25, 0.3) is 16.4 Å². The van der Waals surface area contributed by atoms with E-state index in [9.17, 15) is 0 Å². The molecule has 0 aliphatic rings. The highest BCUT2D eigenvalue weighted by molar-refractivity contribution is 5.84. The van der Waals surface area contributed by atoms with Gasteiger partial charge in [0, 0.05) is 5.39 Å². The molecule has 0 spiro atoms. The Morgan fingerprint density at radius 1 is 1.14 bits per heavy atom. The molecular weight excluding hydrogens is 174 g/mol. The quantitative estimate of drug-likeness (QED) is 0.534. The summed E-state index contributed by atoms with van der Waals surface area (Å²) >= 11 is 0. The van der Waals surface area contributed by atoms with Gasteiger partial charge in [-0.15, -0.1) is 5.10 Å². The SMILES string of the molecule is Cc1cccc2ccc3cnnn3c12. The lowest BCUT2D eigenvalue weighted by molar-refractivity contribution is 0.880. The second-order valence-electron chi connectivity index (χ2n) is 3.42. The molecule has 0 atom stereocenters.